The molecule has 0 aliphatic heterocycles. The molecule has 0 fully saturated rings. The average molecular weight is 254 g/mol. The maximum Gasteiger partial charge on any atom is 0.142 e. The second-order valence-corrected chi connectivity index (χ2v) is 4.27. The summed E-state index contributed by atoms with van der Waals surface area (Å²) in [5.74, 6) is 2.22. The van der Waals surface area contributed by atoms with Crippen LogP contribution in [0.4, 0.5) is 4.39 Å². The highest BCUT2D eigenvalue weighted by atomic mass is 35.5. The molecule has 1 aromatic carbocycles. The molecule has 0 bridgehead atoms. The molecule has 92 valence electrons. The zero-order valence-electron chi connectivity index (χ0n) is 9.97. The summed E-state index contributed by atoms with van der Waals surface area (Å²) < 4.78 is 13.4. The van der Waals surface area contributed by atoms with Crippen molar-refractivity contribution >= 4 is 11.6 Å². The number of terminal acetylenes is 1. The lowest BCUT2D eigenvalue weighted by atomic mass is 10.0. The Balaban J connectivity index is 2.87. The van der Waals surface area contributed by atoms with E-state index in [1.165, 1.54) is 6.07 Å². The molecule has 0 aromatic heterocycles. The normalized spacial score (nSPS) is 12.1. The number of rotatable bonds is 6. The van der Waals surface area contributed by atoms with E-state index < -0.39 is 0 Å². The van der Waals surface area contributed by atoms with Crippen LogP contribution < -0.4 is 5.32 Å². The summed E-state index contributed by atoms with van der Waals surface area (Å²) in [5, 5.41) is 3.53. The van der Waals surface area contributed by atoms with Gasteiger partial charge in [-0.3, -0.25) is 0 Å². The first-order chi connectivity index (χ1) is 8.20. The van der Waals surface area contributed by atoms with Crippen molar-refractivity contribution in [3.63, 3.8) is 0 Å². The van der Waals surface area contributed by atoms with Crippen molar-refractivity contribution in [2.75, 3.05) is 6.54 Å². The maximum atomic E-state index is 13.4. The highest BCUT2D eigenvalue weighted by molar-refractivity contribution is 6.31. The number of hydrogen-bond donors (Lipinski definition) is 1. The quantitative estimate of drug-likeness (QED) is 0.758. The molecular formula is C14H17ClFN. The van der Waals surface area contributed by atoms with E-state index in [4.69, 9.17) is 18.0 Å². The third kappa shape index (κ3) is 4.03. The van der Waals surface area contributed by atoms with E-state index in [-0.39, 0.29) is 16.9 Å². The number of benzene rings is 1. The first-order valence-corrected chi connectivity index (χ1v) is 6.19. The van der Waals surface area contributed by atoms with Crippen LogP contribution in [0.5, 0.6) is 0 Å². The van der Waals surface area contributed by atoms with Gasteiger partial charge in [-0.2, -0.15) is 0 Å². The van der Waals surface area contributed by atoms with Crippen LogP contribution >= 0.6 is 11.6 Å². The van der Waals surface area contributed by atoms with Gasteiger partial charge in [0.2, 0.25) is 0 Å². The topological polar surface area (TPSA) is 12.0 Å². The van der Waals surface area contributed by atoms with Crippen molar-refractivity contribution in [2.24, 2.45) is 0 Å². The minimum Gasteiger partial charge on any atom is -0.310 e. The molecule has 1 atom stereocenters. The summed E-state index contributed by atoms with van der Waals surface area (Å²) in [6.07, 6.45) is 7.69. The van der Waals surface area contributed by atoms with Crippen LogP contribution in [0.25, 0.3) is 0 Å². The first-order valence-electron chi connectivity index (χ1n) is 5.81. The van der Waals surface area contributed by atoms with Gasteiger partial charge in [-0.25, -0.2) is 4.39 Å². The van der Waals surface area contributed by atoms with Gasteiger partial charge in [-0.05, 0) is 31.0 Å². The van der Waals surface area contributed by atoms with Crippen LogP contribution in [0.3, 0.4) is 0 Å². The summed E-state index contributed by atoms with van der Waals surface area (Å²) in [4.78, 5) is 0. The molecule has 17 heavy (non-hydrogen) atoms. The lowest BCUT2D eigenvalue weighted by molar-refractivity contribution is 0.502. The van der Waals surface area contributed by atoms with Crippen LogP contribution in [0, 0.1) is 18.2 Å². The van der Waals surface area contributed by atoms with E-state index >= 15 is 0 Å². The van der Waals surface area contributed by atoms with Crippen molar-refractivity contribution in [2.45, 2.75) is 32.2 Å². The third-order valence-electron chi connectivity index (χ3n) is 2.57. The minimum absolute atomic E-state index is 0.0224. The molecule has 0 amide bonds. The Morgan fingerprint density at radius 3 is 2.94 bits per heavy atom. The summed E-state index contributed by atoms with van der Waals surface area (Å²) in [6, 6.07) is 4.90. The van der Waals surface area contributed by atoms with E-state index in [1.807, 2.05) is 6.07 Å². The molecule has 0 saturated carbocycles. The Hall–Kier alpha value is -1.04. The van der Waals surface area contributed by atoms with E-state index in [1.54, 1.807) is 6.07 Å². The zero-order valence-corrected chi connectivity index (χ0v) is 10.7. The molecule has 3 heteroatoms. The van der Waals surface area contributed by atoms with Crippen molar-refractivity contribution in [1.29, 1.82) is 0 Å². The molecule has 1 nitrogen and oxygen atoms in total. The summed E-state index contributed by atoms with van der Waals surface area (Å²) in [5.41, 5.74) is 0.787. The van der Waals surface area contributed by atoms with Gasteiger partial charge in [0.1, 0.15) is 5.82 Å². The van der Waals surface area contributed by atoms with Gasteiger partial charge < -0.3 is 5.32 Å². The standard InChI is InChI=1S/C14H17ClFN/c1-3-5-9-13(17-10-4-2)11-7-6-8-12(16)14(11)15/h1,6-8,13,17H,4-5,9-10H2,2H3. The Labute approximate surface area is 107 Å². The molecule has 1 unspecified atom stereocenters. The Morgan fingerprint density at radius 2 is 2.29 bits per heavy atom. The first kappa shape index (κ1) is 14.0. The molecule has 1 rings (SSSR count). The SMILES string of the molecule is C#CCCC(NCCC)c1cccc(F)c1Cl. The highest BCUT2D eigenvalue weighted by Crippen LogP contribution is 2.28. The second-order valence-electron chi connectivity index (χ2n) is 3.89. The van der Waals surface area contributed by atoms with Gasteiger partial charge in [0.15, 0.2) is 0 Å². The van der Waals surface area contributed by atoms with Gasteiger partial charge in [0.05, 0.1) is 5.02 Å². The molecule has 0 saturated heterocycles. The van der Waals surface area contributed by atoms with Crippen molar-refractivity contribution in [3.05, 3.63) is 34.6 Å². The molecule has 0 aliphatic rings. The highest BCUT2D eigenvalue weighted by Gasteiger charge is 2.15. The van der Waals surface area contributed by atoms with Gasteiger partial charge in [0.25, 0.3) is 0 Å². The fraction of sp³-hybridized carbons (Fsp3) is 0.429. The van der Waals surface area contributed by atoms with Crippen LogP contribution in [0.2, 0.25) is 5.02 Å². The van der Waals surface area contributed by atoms with Gasteiger partial charge in [-0.1, -0.05) is 30.7 Å². The molecule has 0 aliphatic carbocycles. The van der Waals surface area contributed by atoms with Crippen LogP contribution in [0.1, 0.15) is 37.8 Å². The number of hydrogen-bond acceptors (Lipinski definition) is 1. The van der Waals surface area contributed by atoms with Crippen LogP contribution in [-0.2, 0) is 0 Å². The molecule has 0 radical (unpaired) electrons. The minimum atomic E-state index is -0.381. The zero-order chi connectivity index (χ0) is 12.7. The monoisotopic (exact) mass is 253 g/mol. The second kappa shape index (κ2) is 7.32. The molecule has 1 aromatic rings. The summed E-state index contributed by atoms with van der Waals surface area (Å²) in [7, 11) is 0. The predicted octanol–water partition coefficient (Wildman–Crippen LogP) is 3.93. The fourth-order valence-electron chi connectivity index (χ4n) is 1.70. The largest absolute Gasteiger partial charge is 0.310 e. The van der Waals surface area contributed by atoms with Crippen LogP contribution in [-0.4, -0.2) is 6.54 Å². The third-order valence-corrected chi connectivity index (χ3v) is 2.97. The molecule has 0 spiro atoms. The predicted molar refractivity (Wildman–Crippen MR) is 70.5 cm³/mol. The number of halogens is 2. The van der Waals surface area contributed by atoms with Crippen molar-refractivity contribution < 1.29 is 4.39 Å². The smallest absolute Gasteiger partial charge is 0.142 e. The van der Waals surface area contributed by atoms with Crippen molar-refractivity contribution in [1.82, 2.24) is 5.32 Å². The van der Waals surface area contributed by atoms with E-state index in [0.717, 1.165) is 24.9 Å². The lowest BCUT2D eigenvalue weighted by Gasteiger charge is -2.19. The van der Waals surface area contributed by atoms with E-state index in [9.17, 15) is 4.39 Å². The van der Waals surface area contributed by atoms with Gasteiger partial charge in [-0.15, -0.1) is 12.3 Å². The van der Waals surface area contributed by atoms with E-state index in [2.05, 4.69) is 18.2 Å². The maximum absolute atomic E-state index is 13.4. The summed E-state index contributed by atoms with van der Waals surface area (Å²) >= 11 is 5.98. The molecular weight excluding hydrogens is 237 g/mol. The Kier molecular flexibility index (Phi) is 6.04. The van der Waals surface area contributed by atoms with Crippen LogP contribution in [0.15, 0.2) is 18.2 Å². The fourth-order valence-corrected chi connectivity index (χ4v) is 1.96. The van der Waals surface area contributed by atoms with Gasteiger partial charge >= 0.3 is 0 Å². The number of nitrogens with one attached hydrogen (secondary N) is 1. The lowest BCUT2D eigenvalue weighted by Crippen LogP contribution is -2.22. The Morgan fingerprint density at radius 1 is 1.53 bits per heavy atom. The Bertz CT molecular complexity index is 398. The molecule has 0 heterocycles. The van der Waals surface area contributed by atoms with E-state index in [0.29, 0.717) is 6.42 Å². The van der Waals surface area contributed by atoms with Gasteiger partial charge in [0, 0.05) is 12.5 Å². The molecule has 1 N–H and O–H groups in total. The average Bonchev–Trinajstić information content (AvgIpc) is 2.34. The van der Waals surface area contributed by atoms with Crippen molar-refractivity contribution in [3.8, 4) is 12.3 Å². The summed E-state index contributed by atoms with van der Waals surface area (Å²) in [6.45, 7) is 2.94.